The molecule has 1 heterocycles. The zero-order valence-corrected chi connectivity index (χ0v) is 11.8. The molecule has 2 N–H and O–H groups in total. The largest absolute Gasteiger partial charge is 0.465 e. The summed E-state index contributed by atoms with van der Waals surface area (Å²) >= 11 is 6.04. The molecular formula is C14H13ClN2O3. The van der Waals surface area contributed by atoms with Crippen LogP contribution < -0.4 is 10.5 Å². The first kappa shape index (κ1) is 14.1. The monoisotopic (exact) mass is 292 g/mol. The summed E-state index contributed by atoms with van der Waals surface area (Å²) in [5, 5.41) is 0.453. The van der Waals surface area contributed by atoms with E-state index in [1.165, 1.54) is 19.4 Å². The number of methoxy groups -OCH3 is 1. The molecular weight excluding hydrogens is 280 g/mol. The molecule has 0 fully saturated rings. The number of anilines is 1. The van der Waals surface area contributed by atoms with E-state index >= 15 is 0 Å². The molecule has 0 aliphatic carbocycles. The maximum absolute atomic E-state index is 11.5. The van der Waals surface area contributed by atoms with Crippen LogP contribution >= 0.6 is 11.6 Å². The Morgan fingerprint density at radius 1 is 1.35 bits per heavy atom. The minimum absolute atomic E-state index is 0.196. The van der Waals surface area contributed by atoms with Crippen molar-refractivity contribution in [2.75, 3.05) is 12.8 Å². The summed E-state index contributed by atoms with van der Waals surface area (Å²) in [5.74, 6) is 0.122. The van der Waals surface area contributed by atoms with E-state index < -0.39 is 5.97 Å². The first-order valence-electron chi connectivity index (χ1n) is 5.79. The zero-order chi connectivity index (χ0) is 14.7. The molecule has 0 saturated heterocycles. The molecule has 0 unspecified atom stereocenters. The molecule has 5 nitrogen and oxygen atoms in total. The molecule has 0 aliphatic heterocycles. The van der Waals surface area contributed by atoms with E-state index in [-0.39, 0.29) is 17.1 Å². The normalized spacial score (nSPS) is 10.2. The first-order valence-corrected chi connectivity index (χ1v) is 6.17. The van der Waals surface area contributed by atoms with Crippen LogP contribution in [0.3, 0.4) is 0 Å². The summed E-state index contributed by atoms with van der Waals surface area (Å²) in [5.41, 5.74) is 7.08. The van der Waals surface area contributed by atoms with E-state index in [9.17, 15) is 4.79 Å². The van der Waals surface area contributed by atoms with Gasteiger partial charge in [-0.1, -0.05) is 17.7 Å². The van der Waals surface area contributed by atoms with Crippen LogP contribution in [-0.2, 0) is 4.74 Å². The van der Waals surface area contributed by atoms with Gasteiger partial charge < -0.3 is 15.2 Å². The van der Waals surface area contributed by atoms with Crippen LogP contribution in [0.5, 0.6) is 11.6 Å². The summed E-state index contributed by atoms with van der Waals surface area (Å²) in [6.07, 6.45) is 1.34. The third-order valence-corrected chi connectivity index (χ3v) is 2.93. The van der Waals surface area contributed by atoms with E-state index in [2.05, 4.69) is 9.72 Å². The zero-order valence-electron chi connectivity index (χ0n) is 11.0. The minimum atomic E-state index is -0.551. The van der Waals surface area contributed by atoms with Gasteiger partial charge in [-0.15, -0.1) is 0 Å². The van der Waals surface area contributed by atoms with Crippen LogP contribution in [0.25, 0.3) is 0 Å². The number of carbonyl (C=O) groups is 1. The molecule has 1 aromatic carbocycles. The Morgan fingerprint density at radius 2 is 2.10 bits per heavy atom. The van der Waals surface area contributed by atoms with Crippen molar-refractivity contribution in [1.29, 1.82) is 0 Å². The second-order valence-corrected chi connectivity index (χ2v) is 4.54. The van der Waals surface area contributed by atoms with E-state index in [4.69, 9.17) is 22.1 Å². The van der Waals surface area contributed by atoms with Crippen LogP contribution in [-0.4, -0.2) is 18.1 Å². The van der Waals surface area contributed by atoms with Crippen molar-refractivity contribution in [3.63, 3.8) is 0 Å². The molecule has 0 radical (unpaired) electrons. The lowest BCUT2D eigenvalue weighted by Crippen LogP contribution is -2.06. The van der Waals surface area contributed by atoms with Crippen LogP contribution in [0.15, 0.2) is 30.5 Å². The van der Waals surface area contributed by atoms with E-state index in [1.54, 1.807) is 12.1 Å². The SMILES string of the molecule is COC(=O)c1cc(Oc2cc(C)ccc2Cl)ncc1N. The van der Waals surface area contributed by atoms with Gasteiger partial charge in [-0.2, -0.15) is 0 Å². The second kappa shape index (κ2) is 5.79. The van der Waals surface area contributed by atoms with Crippen molar-refractivity contribution in [3.8, 4) is 11.6 Å². The number of halogens is 1. The number of nitrogens with zero attached hydrogens (tertiary/aromatic N) is 1. The number of benzene rings is 1. The lowest BCUT2D eigenvalue weighted by Gasteiger charge is -2.09. The highest BCUT2D eigenvalue weighted by atomic mass is 35.5. The Balaban J connectivity index is 2.34. The Morgan fingerprint density at radius 3 is 2.80 bits per heavy atom. The lowest BCUT2D eigenvalue weighted by molar-refractivity contribution is 0.0601. The van der Waals surface area contributed by atoms with Crippen LogP contribution in [0.4, 0.5) is 5.69 Å². The number of nitrogen functional groups attached to an aromatic ring is 1. The third kappa shape index (κ3) is 3.00. The van der Waals surface area contributed by atoms with Crippen molar-refractivity contribution in [2.24, 2.45) is 0 Å². The number of esters is 1. The Bertz CT molecular complexity index is 659. The molecule has 0 spiro atoms. The molecule has 2 rings (SSSR count). The molecule has 20 heavy (non-hydrogen) atoms. The summed E-state index contributed by atoms with van der Waals surface area (Å²) in [7, 11) is 1.28. The summed E-state index contributed by atoms with van der Waals surface area (Å²) in [6, 6.07) is 6.79. The molecule has 1 aromatic heterocycles. The average Bonchev–Trinajstić information content (AvgIpc) is 2.44. The number of nitrogens with two attached hydrogens (primary N) is 1. The topological polar surface area (TPSA) is 74.4 Å². The van der Waals surface area contributed by atoms with Crippen molar-refractivity contribution in [3.05, 3.63) is 46.6 Å². The third-order valence-electron chi connectivity index (χ3n) is 2.62. The fourth-order valence-corrected chi connectivity index (χ4v) is 1.75. The lowest BCUT2D eigenvalue weighted by atomic mass is 10.2. The summed E-state index contributed by atoms with van der Waals surface area (Å²) in [6.45, 7) is 1.92. The molecule has 0 amide bonds. The van der Waals surface area contributed by atoms with Crippen molar-refractivity contribution in [2.45, 2.75) is 6.92 Å². The summed E-state index contributed by atoms with van der Waals surface area (Å²) < 4.78 is 10.2. The average molecular weight is 293 g/mol. The van der Waals surface area contributed by atoms with Gasteiger partial charge >= 0.3 is 5.97 Å². The highest BCUT2D eigenvalue weighted by Crippen LogP contribution is 2.30. The van der Waals surface area contributed by atoms with E-state index in [0.29, 0.717) is 10.8 Å². The second-order valence-electron chi connectivity index (χ2n) is 4.14. The Labute approximate surface area is 121 Å². The van der Waals surface area contributed by atoms with Crippen LogP contribution in [0.1, 0.15) is 15.9 Å². The highest BCUT2D eigenvalue weighted by Gasteiger charge is 2.13. The van der Waals surface area contributed by atoms with E-state index in [0.717, 1.165) is 5.56 Å². The number of aromatic nitrogens is 1. The number of aryl methyl sites for hydroxylation is 1. The predicted molar refractivity (Wildman–Crippen MR) is 76.3 cm³/mol. The van der Waals surface area contributed by atoms with Gasteiger partial charge in [0, 0.05) is 6.07 Å². The number of ether oxygens (including phenoxy) is 2. The molecule has 104 valence electrons. The van der Waals surface area contributed by atoms with Gasteiger partial charge in [0.05, 0.1) is 29.6 Å². The Kier molecular flexibility index (Phi) is 4.10. The maximum atomic E-state index is 11.5. The number of rotatable bonds is 3. The van der Waals surface area contributed by atoms with Crippen LogP contribution in [0.2, 0.25) is 5.02 Å². The van der Waals surface area contributed by atoms with Crippen molar-refractivity contribution >= 4 is 23.3 Å². The minimum Gasteiger partial charge on any atom is -0.465 e. The first-order chi connectivity index (χ1) is 9.51. The smallest absolute Gasteiger partial charge is 0.340 e. The van der Waals surface area contributed by atoms with Crippen LogP contribution in [0, 0.1) is 6.92 Å². The van der Waals surface area contributed by atoms with Gasteiger partial charge in [0.2, 0.25) is 5.88 Å². The van der Waals surface area contributed by atoms with Crippen molar-refractivity contribution < 1.29 is 14.3 Å². The highest BCUT2D eigenvalue weighted by molar-refractivity contribution is 6.32. The molecule has 6 heteroatoms. The maximum Gasteiger partial charge on any atom is 0.340 e. The number of hydrogen-bond acceptors (Lipinski definition) is 5. The molecule has 0 atom stereocenters. The van der Waals surface area contributed by atoms with Gasteiger partial charge in [0.1, 0.15) is 5.75 Å². The molecule has 2 aromatic rings. The summed E-state index contributed by atoms with van der Waals surface area (Å²) in [4.78, 5) is 15.6. The van der Waals surface area contributed by atoms with Gasteiger partial charge in [0.15, 0.2) is 0 Å². The standard InChI is InChI=1S/C14H13ClN2O3/c1-8-3-4-10(15)12(5-8)20-13-6-9(14(18)19-2)11(16)7-17-13/h3-7H,16H2,1-2H3. The molecule has 0 saturated carbocycles. The molecule has 0 bridgehead atoms. The van der Waals surface area contributed by atoms with E-state index in [1.807, 2.05) is 13.0 Å². The van der Waals surface area contributed by atoms with Gasteiger partial charge in [-0.25, -0.2) is 9.78 Å². The predicted octanol–water partition coefficient (Wildman–Crippen LogP) is 3.20. The van der Waals surface area contributed by atoms with Gasteiger partial charge in [-0.05, 0) is 24.6 Å². The van der Waals surface area contributed by atoms with Crippen molar-refractivity contribution in [1.82, 2.24) is 4.98 Å². The van der Waals surface area contributed by atoms with Gasteiger partial charge in [0.25, 0.3) is 0 Å². The number of hydrogen-bond donors (Lipinski definition) is 1. The fraction of sp³-hybridized carbons (Fsp3) is 0.143. The Hall–Kier alpha value is -2.27. The number of pyridine rings is 1. The number of carbonyl (C=O) groups excluding carboxylic acids is 1. The quantitative estimate of drug-likeness (QED) is 0.879. The fourth-order valence-electron chi connectivity index (χ4n) is 1.59. The van der Waals surface area contributed by atoms with Gasteiger partial charge in [-0.3, -0.25) is 0 Å². The molecule has 0 aliphatic rings.